The number of hydrogen-bond acceptors (Lipinski definition) is 7. The van der Waals surface area contributed by atoms with Crippen molar-refractivity contribution in [3.05, 3.63) is 29.5 Å². The minimum atomic E-state index is -0.178. The Kier molecular flexibility index (Phi) is 5.63. The van der Waals surface area contributed by atoms with Gasteiger partial charge in [0, 0.05) is 44.0 Å². The number of amides is 2. The van der Waals surface area contributed by atoms with E-state index in [4.69, 9.17) is 5.26 Å². The second-order valence-electron chi connectivity index (χ2n) is 7.05. The Hall–Kier alpha value is -3.45. The van der Waals surface area contributed by atoms with Crippen LogP contribution in [-0.2, 0) is 4.79 Å². The van der Waals surface area contributed by atoms with Crippen LogP contribution in [0.4, 0.5) is 5.69 Å². The predicted octanol–water partition coefficient (Wildman–Crippen LogP) is 2.36. The van der Waals surface area contributed by atoms with Crippen LogP contribution >= 0.6 is 11.3 Å². The molecule has 0 saturated carbocycles. The summed E-state index contributed by atoms with van der Waals surface area (Å²) in [6.45, 7) is 1.21. The van der Waals surface area contributed by atoms with Crippen LogP contribution in [0.5, 0.6) is 0 Å². The lowest BCUT2D eigenvalue weighted by atomic mass is 10.0. The number of H-pyrrole nitrogens is 1. The molecule has 0 aliphatic carbocycles. The van der Waals surface area contributed by atoms with Gasteiger partial charge in [0.25, 0.3) is 5.91 Å². The number of carbonyl (C=O) groups excluding carboxylic acids is 2. The third-order valence-corrected chi connectivity index (χ3v) is 6.16. The average molecular weight is 424 g/mol. The van der Waals surface area contributed by atoms with Crippen LogP contribution < -0.4 is 10.6 Å². The van der Waals surface area contributed by atoms with Crippen LogP contribution in [-0.4, -0.2) is 57.8 Å². The van der Waals surface area contributed by atoms with E-state index in [9.17, 15) is 9.59 Å². The first-order valence-corrected chi connectivity index (χ1v) is 10.5. The number of nitrogens with one attached hydrogen (secondary N) is 3. The first kappa shape index (κ1) is 19.8. The lowest BCUT2D eigenvalue weighted by Crippen LogP contribution is -2.45. The number of hydrogen-bond donors (Lipinski definition) is 3. The highest BCUT2D eigenvalue weighted by Crippen LogP contribution is 2.36. The van der Waals surface area contributed by atoms with Gasteiger partial charge in [0.1, 0.15) is 22.0 Å². The van der Waals surface area contributed by atoms with Crippen molar-refractivity contribution in [2.24, 2.45) is 0 Å². The molecule has 2 amide bonds. The molecule has 10 heteroatoms. The Bertz CT molecular complexity index is 1130. The minimum absolute atomic E-state index is 0.0408. The Labute approximate surface area is 177 Å². The van der Waals surface area contributed by atoms with E-state index in [-0.39, 0.29) is 24.3 Å². The van der Waals surface area contributed by atoms with Crippen molar-refractivity contribution < 1.29 is 9.59 Å². The van der Waals surface area contributed by atoms with Crippen LogP contribution in [0.2, 0.25) is 0 Å². The van der Waals surface area contributed by atoms with E-state index in [1.54, 1.807) is 24.3 Å². The molecule has 0 aromatic carbocycles. The molecule has 1 atom stereocenters. The number of anilines is 1. The summed E-state index contributed by atoms with van der Waals surface area (Å²) in [5.41, 5.74) is 2.43. The number of rotatable bonds is 5. The molecule has 1 aliphatic rings. The topological polar surface area (TPSA) is 127 Å². The van der Waals surface area contributed by atoms with Crippen molar-refractivity contribution in [1.29, 1.82) is 5.26 Å². The highest BCUT2D eigenvalue weighted by Gasteiger charge is 2.25. The lowest BCUT2D eigenvalue weighted by Gasteiger charge is -2.33. The third-order valence-electron chi connectivity index (χ3n) is 5.13. The van der Waals surface area contributed by atoms with Crippen molar-refractivity contribution in [2.75, 3.05) is 25.5 Å². The zero-order valence-electron chi connectivity index (χ0n) is 16.4. The number of carbonyl (C=O) groups is 2. The summed E-state index contributed by atoms with van der Waals surface area (Å²) in [5, 5.41) is 16.6. The Morgan fingerprint density at radius 2 is 2.27 bits per heavy atom. The van der Waals surface area contributed by atoms with Gasteiger partial charge in [0.15, 0.2) is 0 Å². The summed E-state index contributed by atoms with van der Waals surface area (Å²) in [4.78, 5) is 38.4. The van der Waals surface area contributed by atoms with Crippen LogP contribution in [0.1, 0.15) is 28.9 Å². The van der Waals surface area contributed by atoms with Crippen LogP contribution in [0.3, 0.4) is 0 Å². The number of thiazole rings is 1. The summed E-state index contributed by atoms with van der Waals surface area (Å²) < 4.78 is 0. The van der Waals surface area contributed by atoms with E-state index in [1.165, 1.54) is 11.3 Å². The maximum atomic E-state index is 12.2. The largest absolute Gasteiger partial charge is 0.379 e. The molecule has 3 aromatic rings. The van der Waals surface area contributed by atoms with Crippen LogP contribution in [0.15, 0.2) is 24.7 Å². The fourth-order valence-corrected chi connectivity index (χ4v) is 4.54. The number of likely N-dealkylation sites (tertiary alicyclic amines) is 1. The zero-order chi connectivity index (χ0) is 21.1. The molecule has 1 fully saturated rings. The van der Waals surface area contributed by atoms with Crippen LogP contribution in [0.25, 0.3) is 21.6 Å². The van der Waals surface area contributed by atoms with Gasteiger partial charge < -0.3 is 20.5 Å². The summed E-state index contributed by atoms with van der Waals surface area (Å²) in [7, 11) is 1.59. The average Bonchev–Trinajstić information content (AvgIpc) is 3.44. The summed E-state index contributed by atoms with van der Waals surface area (Å²) in [6, 6.07) is 3.92. The molecule has 0 bridgehead atoms. The van der Waals surface area contributed by atoms with E-state index >= 15 is 0 Å². The van der Waals surface area contributed by atoms with Crippen molar-refractivity contribution in [1.82, 2.24) is 25.2 Å². The monoisotopic (exact) mass is 423 g/mol. The molecule has 0 radical (unpaired) electrons. The fourth-order valence-electron chi connectivity index (χ4n) is 3.66. The number of pyridine rings is 1. The molecule has 154 valence electrons. The molecular formula is C20H21N7O2S. The normalized spacial score (nSPS) is 16.3. The molecule has 3 N–H and O–H groups in total. The quantitative estimate of drug-likeness (QED) is 0.578. The molecule has 4 heterocycles. The number of nitriles is 1. The van der Waals surface area contributed by atoms with Gasteiger partial charge in [-0.2, -0.15) is 5.26 Å². The van der Waals surface area contributed by atoms with Gasteiger partial charge in [0.05, 0.1) is 23.5 Å². The van der Waals surface area contributed by atoms with Gasteiger partial charge in [-0.3, -0.25) is 9.59 Å². The van der Waals surface area contributed by atoms with Crippen molar-refractivity contribution >= 4 is 39.9 Å². The molecule has 4 rings (SSSR count). The number of piperidine rings is 1. The summed E-state index contributed by atoms with van der Waals surface area (Å²) in [5.74, 6) is -0.316. The van der Waals surface area contributed by atoms with E-state index in [0.29, 0.717) is 23.0 Å². The second-order valence-corrected chi connectivity index (χ2v) is 8.08. The van der Waals surface area contributed by atoms with E-state index in [0.717, 1.165) is 35.1 Å². The molecule has 1 aliphatic heterocycles. The fraction of sp³-hybridized carbons (Fsp3) is 0.350. The highest BCUT2D eigenvalue weighted by molar-refractivity contribution is 7.17. The standard InChI is InChI=1S/C20H21N7O2S/c1-22-19(29)15-10-25-20(30-15)14-9-24-18-13(5-7-23-18)17(14)26-12-3-2-8-27(11-12)16(28)4-6-21/h5,7,9-10,12H,2-4,8,11H2,1H3,(H,22,29)(H2,23,24,26). The first-order valence-electron chi connectivity index (χ1n) is 9.66. The van der Waals surface area contributed by atoms with Crippen molar-refractivity contribution in [3.63, 3.8) is 0 Å². The maximum absolute atomic E-state index is 12.2. The van der Waals surface area contributed by atoms with Gasteiger partial charge in [-0.25, -0.2) is 9.97 Å². The van der Waals surface area contributed by atoms with Gasteiger partial charge >= 0.3 is 0 Å². The van der Waals surface area contributed by atoms with Gasteiger partial charge in [0.2, 0.25) is 5.91 Å². The summed E-state index contributed by atoms with van der Waals surface area (Å²) >= 11 is 1.30. The third kappa shape index (κ3) is 3.84. The van der Waals surface area contributed by atoms with E-state index in [2.05, 4.69) is 25.6 Å². The van der Waals surface area contributed by atoms with Gasteiger partial charge in [-0.05, 0) is 18.9 Å². The van der Waals surface area contributed by atoms with Crippen LogP contribution in [0, 0.1) is 11.3 Å². The lowest BCUT2D eigenvalue weighted by molar-refractivity contribution is -0.131. The van der Waals surface area contributed by atoms with Crippen molar-refractivity contribution in [2.45, 2.75) is 25.3 Å². The van der Waals surface area contributed by atoms with Gasteiger partial charge in [-0.15, -0.1) is 11.3 Å². The van der Waals surface area contributed by atoms with E-state index in [1.807, 2.05) is 18.3 Å². The second kappa shape index (κ2) is 8.51. The summed E-state index contributed by atoms with van der Waals surface area (Å²) in [6.07, 6.45) is 6.81. The Morgan fingerprint density at radius 3 is 3.07 bits per heavy atom. The maximum Gasteiger partial charge on any atom is 0.262 e. The van der Waals surface area contributed by atoms with Gasteiger partial charge in [-0.1, -0.05) is 0 Å². The minimum Gasteiger partial charge on any atom is -0.379 e. The zero-order valence-corrected chi connectivity index (χ0v) is 17.3. The molecular weight excluding hydrogens is 402 g/mol. The SMILES string of the molecule is CNC(=O)c1cnc(-c2cnc3[nH]ccc3c2NC2CCCN(C(=O)CC#N)C2)s1. The Balaban J connectivity index is 1.66. The molecule has 1 saturated heterocycles. The molecule has 30 heavy (non-hydrogen) atoms. The predicted molar refractivity (Wildman–Crippen MR) is 114 cm³/mol. The number of aromatic nitrogens is 3. The molecule has 1 unspecified atom stereocenters. The molecule has 9 nitrogen and oxygen atoms in total. The van der Waals surface area contributed by atoms with E-state index < -0.39 is 0 Å². The van der Waals surface area contributed by atoms with Crippen molar-refractivity contribution in [3.8, 4) is 16.6 Å². The molecule has 3 aromatic heterocycles. The Morgan fingerprint density at radius 1 is 1.40 bits per heavy atom. The highest BCUT2D eigenvalue weighted by atomic mass is 32.1. The first-order chi connectivity index (χ1) is 14.6. The molecule has 0 spiro atoms. The smallest absolute Gasteiger partial charge is 0.262 e. The number of nitrogens with zero attached hydrogens (tertiary/aromatic N) is 4. The number of aromatic amines is 1. The number of fused-ring (bicyclic) bond motifs is 1.